The first-order valence-corrected chi connectivity index (χ1v) is 8.40. The molecule has 2 aromatic heterocycles. The van der Waals surface area contributed by atoms with Gasteiger partial charge in [0.15, 0.2) is 5.52 Å². The SMILES string of the molecule is CCCCCc1cc2c(nnn2[C@@H]2C[C@H](CO)C[C@H]2O)c(=O)[nH]1. The number of aromatic amines is 1. The third kappa shape index (κ3) is 3.16. The molecular weight excluding hydrogens is 296 g/mol. The minimum absolute atomic E-state index is 0.0586. The van der Waals surface area contributed by atoms with Crippen LogP contribution in [0.15, 0.2) is 10.9 Å². The number of nitrogens with zero attached hydrogens (tertiary/aromatic N) is 3. The summed E-state index contributed by atoms with van der Waals surface area (Å²) in [6.45, 7) is 2.20. The van der Waals surface area contributed by atoms with Crippen molar-refractivity contribution in [1.29, 1.82) is 0 Å². The van der Waals surface area contributed by atoms with Crippen molar-refractivity contribution >= 4 is 11.0 Å². The standard InChI is InChI=1S/C16H24N4O3/c1-2-3-4-5-11-8-13-15(16(23)17-11)18-19-20(13)12-6-10(9-21)7-14(12)22/h8,10,12,14,21-22H,2-7,9H2,1H3,(H,17,23)/t10-,12+,14+/m0/s1. The van der Waals surface area contributed by atoms with Gasteiger partial charge in [-0.1, -0.05) is 25.0 Å². The van der Waals surface area contributed by atoms with E-state index in [2.05, 4.69) is 22.2 Å². The lowest BCUT2D eigenvalue weighted by Crippen LogP contribution is -2.20. The lowest BCUT2D eigenvalue weighted by atomic mass is 10.1. The van der Waals surface area contributed by atoms with E-state index in [0.717, 1.165) is 31.4 Å². The monoisotopic (exact) mass is 320 g/mol. The first kappa shape index (κ1) is 16.1. The molecule has 0 amide bonds. The Morgan fingerprint density at radius 1 is 1.39 bits per heavy atom. The quantitative estimate of drug-likeness (QED) is 0.693. The Labute approximate surface area is 134 Å². The predicted octanol–water partition coefficient (Wildman–Crippen LogP) is 1.16. The van der Waals surface area contributed by atoms with Crippen LogP contribution in [0.4, 0.5) is 0 Å². The van der Waals surface area contributed by atoms with E-state index in [1.165, 1.54) is 0 Å². The zero-order valence-electron chi connectivity index (χ0n) is 13.4. The average Bonchev–Trinajstić information content (AvgIpc) is 3.11. The maximum atomic E-state index is 12.2. The highest BCUT2D eigenvalue weighted by molar-refractivity contribution is 5.73. The van der Waals surface area contributed by atoms with Crippen LogP contribution in [0.3, 0.4) is 0 Å². The maximum Gasteiger partial charge on any atom is 0.278 e. The van der Waals surface area contributed by atoms with Crippen molar-refractivity contribution in [3.8, 4) is 0 Å². The van der Waals surface area contributed by atoms with Gasteiger partial charge < -0.3 is 15.2 Å². The lowest BCUT2D eigenvalue weighted by Gasteiger charge is -2.15. The molecule has 1 fully saturated rings. The molecule has 1 aliphatic rings. The van der Waals surface area contributed by atoms with E-state index in [1.54, 1.807) is 4.68 Å². The summed E-state index contributed by atoms with van der Waals surface area (Å²) < 4.78 is 1.66. The lowest BCUT2D eigenvalue weighted by molar-refractivity contribution is 0.127. The molecule has 0 spiro atoms. The molecule has 1 saturated carbocycles. The van der Waals surface area contributed by atoms with Gasteiger partial charge in [0.2, 0.25) is 0 Å². The summed E-state index contributed by atoms with van der Waals surface area (Å²) in [4.78, 5) is 15.1. The van der Waals surface area contributed by atoms with Crippen LogP contribution in [-0.2, 0) is 6.42 Å². The number of aryl methyl sites for hydroxylation is 1. The van der Waals surface area contributed by atoms with Crippen molar-refractivity contribution in [1.82, 2.24) is 20.0 Å². The van der Waals surface area contributed by atoms with Crippen LogP contribution in [-0.4, -0.2) is 42.9 Å². The molecule has 0 aliphatic heterocycles. The normalized spacial score (nSPS) is 24.6. The highest BCUT2D eigenvalue weighted by atomic mass is 16.3. The largest absolute Gasteiger partial charge is 0.396 e. The topological polar surface area (TPSA) is 104 Å². The van der Waals surface area contributed by atoms with Gasteiger partial charge in [-0.05, 0) is 37.7 Å². The van der Waals surface area contributed by atoms with Gasteiger partial charge in [-0.2, -0.15) is 0 Å². The third-order valence-corrected chi connectivity index (χ3v) is 4.75. The number of hydrogen-bond acceptors (Lipinski definition) is 5. The van der Waals surface area contributed by atoms with Gasteiger partial charge in [0, 0.05) is 12.3 Å². The molecular formula is C16H24N4O3. The maximum absolute atomic E-state index is 12.2. The molecule has 7 nitrogen and oxygen atoms in total. The van der Waals surface area contributed by atoms with Crippen LogP contribution in [0, 0.1) is 5.92 Å². The van der Waals surface area contributed by atoms with Crippen molar-refractivity contribution < 1.29 is 10.2 Å². The Kier molecular flexibility index (Phi) is 4.77. The second kappa shape index (κ2) is 6.80. The molecule has 2 aromatic rings. The molecule has 7 heteroatoms. The molecule has 3 atom stereocenters. The smallest absolute Gasteiger partial charge is 0.278 e. The number of aliphatic hydroxyl groups is 2. The van der Waals surface area contributed by atoms with Crippen LogP contribution < -0.4 is 5.56 Å². The zero-order chi connectivity index (χ0) is 16.4. The number of hydrogen-bond donors (Lipinski definition) is 3. The van der Waals surface area contributed by atoms with Gasteiger partial charge in [0.1, 0.15) is 0 Å². The molecule has 0 radical (unpaired) electrons. The fraction of sp³-hybridized carbons (Fsp3) is 0.688. The number of pyridine rings is 1. The fourth-order valence-corrected chi connectivity index (χ4v) is 3.45. The number of H-pyrrole nitrogens is 1. The Bertz CT molecular complexity index is 724. The molecule has 3 N–H and O–H groups in total. The van der Waals surface area contributed by atoms with E-state index < -0.39 is 6.10 Å². The van der Waals surface area contributed by atoms with Crippen molar-refractivity contribution in [3.05, 3.63) is 22.1 Å². The van der Waals surface area contributed by atoms with Crippen LogP contribution >= 0.6 is 0 Å². The van der Waals surface area contributed by atoms with E-state index in [4.69, 9.17) is 0 Å². The summed E-state index contributed by atoms with van der Waals surface area (Å²) in [5.41, 5.74) is 1.63. The van der Waals surface area contributed by atoms with E-state index in [-0.39, 0.29) is 24.1 Å². The van der Waals surface area contributed by atoms with Gasteiger partial charge in [-0.15, -0.1) is 5.10 Å². The Balaban J connectivity index is 1.93. The molecule has 3 rings (SSSR count). The minimum Gasteiger partial charge on any atom is -0.396 e. The number of aromatic nitrogens is 4. The molecule has 0 saturated heterocycles. The van der Waals surface area contributed by atoms with E-state index in [1.807, 2.05) is 6.07 Å². The average molecular weight is 320 g/mol. The summed E-state index contributed by atoms with van der Waals surface area (Å²) >= 11 is 0. The summed E-state index contributed by atoms with van der Waals surface area (Å²) in [6.07, 6.45) is 4.72. The van der Waals surface area contributed by atoms with Gasteiger partial charge in [0.05, 0.1) is 17.7 Å². The number of rotatable bonds is 6. The first-order valence-electron chi connectivity index (χ1n) is 8.40. The number of fused-ring (bicyclic) bond motifs is 1. The zero-order valence-corrected chi connectivity index (χ0v) is 13.4. The number of nitrogens with one attached hydrogen (secondary N) is 1. The van der Waals surface area contributed by atoms with Crippen LogP contribution in [0.1, 0.15) is 50.8 Å². The van der Waals surface area contributed by atoms with E-state index in [0.29, 0.717) is 23.9 Å². The van der Waals surface area contributed by atoms with E-state index in [9.17, 15) is 15.0 Å². The van der Waals surface area contributed by atoms with E-state index >= 15 is 0 Å². The predicted molar refractivity (Wildman–Crippen MR) is 86.2 cm³/mol. The molecule has 1 aliphatic carbocycles. The Morgan fingerprint density at radius 2 is 2.22 bits per heavy atom. The van der Waals surface area contributed by atoms with Crippen LogP contribution in [0.25, 0.3) is 11.0 Å². The molecule has 0 unspecified atom stereocenters. The Hall–Kier alpha value is -1.73. The molecule has 2 heterocycles. The molecule has 0 bridgehead atoms. The van der Waals surface area contributed by atoms with Gasteiger partial charge in [0.25, 0.3) is 5.56 Å². The Morgan fingerprint density at radius 3 is 2.91 bits per heavy atom. The second-order valence-corrected chi connectivity index (χ2v) is 6.50. The summed E-state index contributed by atoms with van der Waals surface area (Å²) in [5, 5.41) is 27.6. The highest BCUT2D eigenvalue weighted by Crippen LogP contribution is 2.35. The van der Waals surface area contributed by atoms with Crippen LogP contribution in [0.5, 0.6) is 0 Å². The molecule has 0 aromatic carbocycles. The van der Waals surface area contributed by atoms with Crippen molar-refractivity contribution in [2.75, 3.05) is 6.61 Å². The minimum atomic E-state index is -0.570. The van der Waals surface area contributed by atoms with Gasteiger partial charge in [-0.3, -0.25) is 4.79 Å². The van der Waals surface area contributed by atoms with Crippen molar-refractivity contribution in [3.63, 3.8) is 0 Å². The first-order chi connectivity index (χ1) is 11.1. The highest BCUT2D eigenvalue weighted by Gasteiger charge is 2.35. The van der Waals surface area contributed by atoms with Crippen molar-refractivity contribution in [2.45, 2.75) is 57.6 Å². The van der Waals surface area contributed by atoms with Crippen LogP contribution in [0.2, 0.25) is 0 Å². The molecule has 126 valence electrons. The van der Waals surface area contributed by atoms with Gasteiger partial charge in [-0.25, -0.2) is 4.68 Å². The summed E-state index contributed by atoms with van der Waals surface area (Å²) in [5.74, 6) is 0.0697. The third-order valence-electron chi connectivity index (χ3n) is 4.75. The number of unbranched alkanes of at least 4 members (excludes halogenated alkanes) is 2. The number of aliphatic hydroxyl groups excluding tert-OH is 2. The van der Waals surface area contributed by atoms with Crippen molar-refractivity contribution in [2.24, 2.45) is 5.92 Å². The summed E-state index contributed by atoms with van der Waals surface area (Å²) in [6, 6.07) is 1.69. The fourth-order valence-electron chi connectivity index (χ4n) is 3.45. The van der Waals surface area contributed by atoms with Gasteiger partial charge >= 0.3 is 0 Å². The molecule has 23 heavy (non-hydrogen) atoms. The second-order valence-electron chi connectivity index (χ2n) is 6.50. The summed E-state index contributed by atoms with van der Waals surface area (Å²) in [7, 11) is 0.